The van der Waals surface area contributed by atoms with E-state index in [1.807, 2.05) is 12.7 Å². The molecule has 17 heavy (non-hydrogen) atoms. The van der Waals surface area contributed by atoms with Crippen LogP contribution in [0, 0.1) is 11.3 Å². The number of hydrogen-bond donors (Lipinski definition) is 0. The van der Waals surface area contributed by atoms with Crippen LogP contribution in [-0.4, -0.2) is 31.2 Å². The van der Waals surface area contributed by atoms with E-state index < -0.39 is 0 Å². The molecule has 0 spiro atoms. The predicted octanol–water partition coefficient (Wildman–Crippen LogP) is 2.20. The zero-order chi connectivity index (χ0) is 13.2. The van der Waals surface area contributed by atoms with E-state index in [9.17, 15) is 4.79 Å². The van der Waals surface area contributed by atoms with Crippen molar-refractivity contribution in [1.29, 1.82) is 0 Å². The number of carbonyl (C=O) groups excluding carboxylic acids is 1. The first-order valence-electron chi connectivity index (χ1n) is 6.73. The van der Waals surface area contributed by atoms with E-state index in [0.29, 0.717) is 16.9 Å². The van der Waals surface area contributed by atoms with Gasteiger partial charge in [-0.1, -0.05) is 27.7 Å². The van der Waals surface area contributed by atoms with Gasteiger partial charge in [-0.15, -0.1) is 6.58 Å². The van der Waals surface area contributed by atoms with Gasteiger partial charge in [0, 0.05) is 12.6 Å². The van der Waals surface area contributed by atoms with Crippen molar-refractivity contribution in [1.82, 2.24) is 4.90 Å². The zero-order valence-electron chi connectivity index (χ0n) is 12.0. The van der Waals surface area contributed by atoms with Crippen LogP contribution in [-0.2, 0) is 4.79 Å². The largest absolute Gasteiger partial charge is 0.337 e. The van der Waals surface area contributed by atoms with Gasteiger partial charge in [-0.05, 0) is 36.1 Å². The summed E-state index contributed by atoms with van der Waals surface area (Å²) in [5.74, 6) is 0.867. The molecule has 1 rings (SSSR count). The van der Waals surface area contributed by atoms with Crippen molar-refractivity contribution >= 4 is 13.8 Å². The Morgan fingerprint density at radius 2 is 2.06 bits per heavy atom. The lowest BCUT2D eigenvalue weighted by Gasteiger charge is -2.44. The van der Waals surface area contributed by atoms with E-state index in [0.717, 1.165) is 31.7 Å². The molecule has 2 nitrogen and oxygen atoms in total. The molecule has 1 amide bonds. The third-order valence-electron chi connectivity index (χ3n) is 4.04. The maximum atomic E-state index is 12.0. The average molecular weight is 235 g/mol. The molecule has 0 radical (unpaired) electrons. The summed E-state index contributed by atoms with van der Waals surface area (Å²) in [5, 5.41) is 0. The molecule has 0 aromatic rings. The van der Waals surface area contributed by atoms with Gasteiger partial charge in [0.15, 0.2) is 0 Å². The first-order valence-corrected chi connectivity index (χ1v) is 6.73. The third kappa shape index (κ3) is 3.37. The van der Waals surface area contributed by atoms with Crippen LogP contribution in [0.4, 0.5) is 0 Å². The smallest absolute Gasteiger partial charge is 0.239 e. The van der Waals surface area contributed by atoms with E-state index in [2.05, 4.69) is 34.3 Å². The van der Waals surface area contributed by atoms with E-state index in [-0.39, 0.29) is 5.91 Å². The highest BCUT2D eigenvalue weighted by atomic mass is 16.2. The highest BCUT2D eigenvalue weighted by molar-refractivity contribution is 6.35. The van der Waals surface area contributed by atoms with Gasteiger partial charge in [0.25, 0.3) is 0 Å². The fraction of sp³-hybridized carbons (Fsp3) is 0.786. The van der Waals surface area contributed by atoms with E-state index in [4.69, 9.17) is 0 Å². The van der Waals surface area contributed by atoms with E-state index >= 15 is 0 Å². The monoisotopic (exact) mass is 235 g/mol. The molecule has 0 bridgehead atoms. The third-order valence-corrected chi connectivity index (χ3v) is 4.04. The molecule has 0 N–H and O–H groups in total. The molecular weight excluding hydrogens is 209 g/mol. The summed E-state index contributed by atoms with van der Waals surface area (Å²) in [7, 11) is 1.81. The van der Waals surface area contributed by atoms with Crippen molar-refractivity contribution in [2.24, 2.45) is 11.3 Å². The van der Waals surface area contributed by atoms with E-state index in [1.54, 1.807) is 0 Å². The lowest BCUT2D eigenvalue weighted by Crippen LogP contribution is -2.48. The molecule has 1 aliphatic heterocycles. The first kappa shape index (κ1) is 14.3. The number of amides is 1. The maximum absolute atomic E-state index is 12.0. The Labute approximate surface area is 107 Å². The summed E-state index contributed by atoms with van der Waals surface area (Å²) in [6.07, 6.45) is 3.31. The van der Waals surface area contributed by atoms with Gasteiger partial charge in [-0.3, -0.25) is 4.79 Å². The molecule has 2 atom stereocenters. The summed E-state index contributed by atoms with van der Waals surface area (Å²) in [4.78, 5) is 14.1. The second kappa shape index (κ2) is 5.28. The van der Waals surface area contributed by atoms with Crippen LogP contribution in [0.15, 0.2) is 12.1 Å². The van der Waals surface area contributed by atoms with Gasteiger partial charge in [0.05, 0.1) is 0 Å². The normalized spacial score (nSPS) is 25.8. The zero-order valence-corrected chi connectivity index (χ0v) is 12.0. The average Bonchev–Trinajstić information content (AvgIpc) is 2.25. The molecule has 1 saturated heterocycles. The second-order valence-corrected chi connectivity index (χ2v) is 6.43. The fourth-order valence-corrected chi connectivity index (χ4v) is 2.74. The SMILES string of the molecule is BC(=C)C(=O)N1CCC(C(C)(C)C)C[C@H]1CC. The maximum Gasteiger partial charge on any atom is 0.239 e. The van der Waals surface area contributed by atoms with Gasteiger partial charge in [-0.25, -0.2) is 0 Å². The quantitative estimate of drug-likeness (QED) is 0.530. The molecular formula is C14H26BNO. The van der Waals surface area contributed by atoms with Crippen molar-refractivity contribution in [2.45, 2.75) is 53.0 Å². The Bertz CT molecular complexity index is 306. The molecule has 0 aromatic carbocycles. The first-order chi connectivity index (χ1) is 7.77. The van der Waals surface area contributed by atoms with Crippen molar-refractivity contribution < 1.29 is 4.79 Å². The van der Waals surface area contributed by atoms with Gasteiger partial charge in [0.1, 0.15) is 7.85 Å². The minimum atomic E-state index is 0.143. The summed E-state index contributed by atoms with van der Waals surface area (Å²) in [5.41, 5.74) is 1.02. The lowest BCUT2D eigenvalue weighted by molar-refractivity contribution is -0.131. The lowest BCUT2D eigenvalue weighted by atomic mass is 9.72. The van der Waals surface area contributed by atoms with Gasteiger partial charge < -0.3 is 4.90 Å². The Hall–Kier alpha value is -0.725. The molecule has 1 heterocycles. The van der Waals surface area contributed by atoms with Crippen molar-refractivity contribution in [3.05, 3.63) is 12.1 Å². The molecule has 3 heteroatoms. The van der Waals surface area contributed by atoms with Gasteiger partial charge >= 0.3 is 0 Å². The molecule has 0 aliphatic carbocycles. The van der Waals surface area contributed by atoms with Crippen LogP contribution in [0.2, 0.25) is 0 Å². The standard InChI is InChI=1S/C14H26BNO/c1-6-12-9-11(14(3,4)5)7-8-16(12)13(17)10(2)15/h11-12H,2,6-9,15H2,1,3-5H3/t11?,12-/m1/s1. The molecule has 0 aromatic heterocycles. The Balaban J connectivity index is 2.75. The van der Waals surface area contributed by atoms with Crippen LogP contribution in [0.25, 0.3) is 0 Å². The Morgan fingerprint density at radius 3 is 2.47 bits per heavy atom. The molecule has 1 aliphatic rings. The van der Waals surface area contributed by atoms with Crippen LogP contribution in [0.5, 0.6) is 0 Å². The van der Waals surface area contributed by atoms with Crippen molar-refractivity contribution in [3.63, 3.8) is 0 Å². The minimum Gasteiger partial charge on any atom is -0.337 e. The summed E-state index contributed by atoms with van der Waals surface area (Å²) >= 11 is 0. The van der Waals surface area contributed by atoms with Crippen LogP contribution in [0.3, 0.4) is 0 Å². The van der Waals surface area contributed by atoms with Crippen molar-refractivity contribution in [2.75, 3.05) is 6.54 Å². The van der Waals surface area contributed by atoms with Gasteiger partial charge in [-0.2, -0.15) is 0 Å². The molecule has 96 valence electrons. The topological polar surface area (TPSA) is 20.3 Å². The fourth-order valence-electron chi connectivity index (χ4n) is 2.74. The number of hydrogen-bond acceptors (Lipinski definition) is 1. The minimum absolute atomic E-state index is 0.143. The predicted molar refractivity (Wildman–Crippen MR) is 75.7 cm³/mol. The summed E-state index contributed by atoms with van der Waals surface area (Å²) in [6, 6.07) is 0.400. The molecule has 1 unspecified atom stereocenters. The number of carbonyl (C=O) groups is 1. The molecule has 0 saturated carbocycles. The molecule has 1 fully saturated rings. The highest BCUT2D eigenvalue weighted by Gasteiger charge is 2.35. The Kier molecular flexibility index (Phi) is 4.45. The number of rotatable bonds is 2. The van der Waals surface area contributed by atoms with Gasteiger partial charge in [0.2, 0.25) is 5.91 Å². The van der Waals surface area contributed by atoms with Crippen LogP contribution in [0.1, 0.15) is 47.0 Å². The van der Waals surface area contributed by atoms with Crippen molar-refractivity contribution in [3.8, 4) is 0 Å². The number of piperidine rings is 1. The second-order valence-electron chi connectivity index (χ2n) is 6.43. The van der Waals surface area contributed by atoms with Crippen LogP contribution < -0.4 is 0 Å². The highest BCUT2D eigenvalue weighted by Crippen LogP contribution is 2.37. The summed E-state index contributed by atoms with van der Waals surface area (Å²) in [6.45, 7) is 13.8. The summed E-state index contributed by atoms with van der Waals surface area (Å²) < 4.78 is 0. The number of likely N-dealkylation sites (tertiary alicyclic amines) is 1. The van der Waals surface area contributed by atoms with Crippen LogP contribution >= 0.6 is 0 Å². The number of nitrogens with zero attached hydrogens (tertiary/aromatic N) is 1. The van der Waals surface area contributed by atoms with E-state index in [1.165, 1.54) is 0 Å². The Morgan fingerprint density at radius 1 is 1.47 bits per heavy atom.